The third kappa shape index (κ3) is 4.36. The average Bonchev–Trinajstić information content (AvgIpc) is 3.18. The van der Waals surface area contributed by atoms with Crippen molar-refractivity contribution in [2.45, 2.75) is 65.5 Å². The Morgan fingerprint density at radius 3 is 2.55 bits per heavy atom. The van der Waals surface area contributed by atoms with E-state index in [0.29, 0.717) is 23.9 Å². The number of hydrogen-bond acceptors (Lipinski definition) is 4. The summed E-state index contributed by atoms with van der Waals surface area (Å²) in [5.74, 6) is 0.0987. The van der Waals surface area contributed by atoms with Crippen LogP contribution in [0.5, 0.6) is 0 Å². The number of amides is 2. The van der Waals surface area contributed by atoms with Gasteiger partial charge in [-0.15, -0.1) is 0 Å². The molecule has 0 radical (unpaired) electrons. The van der Waals surface area contributed by atoms with Gasteiger partial charge in [-0.2, -0.15) is 0 Å². The van der Waals surface area contributed by atoms with Crippen LogP contribution in [0.15, 0.2) is 35.7 Å². The molecule has 2 amide bonds. The van der Waals surface area contributed by atoms with Gasteiger partial charge in [0.2, 0.25) is 0 Å². The maximum atomic E-state index is 13.3. The van der Waals surface area contributed by atoms with Crippen molar-refractivity contribution in [3.05, 3.63) is 46.8 Å². The summed E-state index contributed by atoms with van der Waals surface area (Å²) in [7, 11) is 0. The van der Waals surface area contributed by atoms with Crippen LogP contribution in [0.1, 0.15) is 62.4 Å². The van der Waals surface area contributed by atoms with E-state index in [1.807, 2.05) is 39.0 Å². The van der Waals surface area contributed by atoms with E-state index in [9.17, 15) is 9.59 Å². The molecule has 1 aliphatic heterocycles. The molecule has 1 aromatic rings. The third-order valence-corrected chi connectivity index (χ3v) is 6.00. The SMILES string of the molecule is CCN1C(=O)C(NC(=O)c2cccc(C)c2)C(C)C(C(C)=N)=C1NC1CCCC1. The normalized spacial score (nSPS) is 22.8. The Labute approximate surface area is 173 Å². The lowest BCUT2D eigenvalue weighted by Gasteiger charge is -2.40. The van der Waals surface area contributed by atoms with Crippen LogP contribution >= 0.6 is 0 Å². The standard InChI is InChI=1S/C23H32N4O2/c1-5-27-21(25-18-11-6-7-12-18)19(16(4)24)15(3)20(23(27)29)26-22(28)17-10-8-9-14(2)13-17/h8-10,13,15,18,20,24-25H,5-7,11-12H2,1-4H3,(H,26,28). The maximum absolute atomic E-state index is 13.3. The molecule has 2 unspecified atom stereocenters. The zero-order chi connectivity index (χ0) is 21.1. The number of carbonyl (C=O) groups excluding carboxylic acids is 2. The predicted molar refractivity (Wildman–Crippen MR) is 115 cm³/mol. The van der Waals surface area contributed by atoms with Crippen LogP contribution in [-0.2, 0) is 4.79 Å². The van der Waals surface area contributed by atoms with Crippen molar-refractivity contribution < 1.29 is 9.59 Å². The highest BCUT2D eigenvalue weighted by Gasteiger charge is 2.41. The molecule has 0 spiro atoms. The Kier molecular flexibility index (Phi) is 6.40. The van der Waals surface area contributed by atoms with Crippen LogP contribution in [0.25, 0.3) is 0 Å². The van der Waals surface area contributed by atoms with Crippen LogP contribution in [0.3, 0.4) is 0 Å². The highest BCUT2D eigenvalue weighted by molar-refractivity contribution is 6.03. The molecule has 0 aromatic heterocycles. The van der Waals surface area contributed by atoms with E-state index >= 15 is 0 Å². The van der Waals surface area contributed by atoms with Gasteiger partial charge in [-0.05, 0) is 45.7 Å². The molecule has 3 rings (SSSR count). The van der Waals surface area contributed by atoms with E-state index < -0.39 is 6.04 Å². The predicted octanol–water partition coefficient (Wildman–Crippen LogP) is 3.38. The highest BCUT2D eigenvalue weighted by Crippen LogP contribution is 2.30. The van der Waals surface area contributed by atoms with Crippen LogP contribution in [0.2, 0.25) is 0 Å². The minimum absolute atomic E-state index is 0.119. The van der Waals surface area contributed by atoms with Gasteiger partial charge in [0, 0.05) is 35.4 Å². The lowest BCUT2D eigenvalue weighted by molar-refractivity contribution is -0.133. The van der Waals surface area contributed by atoms with E-state index in [1.54, 1.807) is 17.9 Å². The van der Waals surface area contributed by atoms with Crippen molar-refractivity contribution >= 4 is 17.5 Å². The van der Waals surface area contributed by atoms with E-state index in [4.69, 9.17) is 5.41 Å². The topological polar surface area (TPSA) is 85.3 Å². The molecule has 6 heteroatoms. The first kappa shape index (κ1) is 21.1. The van der Waals surface area contributed by atoms with Crippen LogP contribution in [0.4, 0.5) is 0 Å². The van der Waals surface area contributed by atoms with Gasteiger partial charge in [-0.25, -0.2) is 0 Å². The van der Waals surface area contributed by atoms with Crippen molar-refractivity contribution in [1.29, 1.82) is 5.41 Å². The van der Waals surface area contributed by atoms with Gasteiger partial charge in [0.25, 0.3) is 11.8 Å². The highest BCUT2D eigenvalue weighted by atomic mass is 16.2. The number of likely N-dealkylation sites (N-methyl/N-ethyl adjacent to an activating group) is 1. The maximum Gasteiger partial charge on any atom is 0.251 e. The molecule has 1 saturated carbocycles. The van der Waals surface area contributed by atoms with Gasteiger partial charge >= 0.3 is 0 Å². The third-order valence-electron chi connectivity index (χ3n) is 6.00. The van der Waals surface area contributed by atoms with Crippen LogP contribution in [0, 0.1) is 18.3 Å². The summed E-state index contributed by atoms with van der Waals surface area (Å²) >= 11 is 0. The lowest BCUT2D eigenvalue weighted by atomic mass is 9.85. The second-order valence-electron chi connectivity index (χ2n) is 8.20. The molecule has 3 N–H and O–H groups in total. The number of aryl methyl sites for hydroxylation is 1. The summed E-state index contributed by atoms with van der Waals surface area (Å²) in [4.78, 5) is 27.8. The van der Waals surface area contributed by atoms with Gasteiger partial charge < -0.3 is 16.0 Å². The van der Waals surface area contributed by atoms with Crippen LogP contribution < -0.4 is 10.6 Å². The minimum atomic E-state index is -0.688. The second kappa shape index (κ2) is 8.80. The molecule has 1 aromatic carbocycles. The Hall–Kier alpha value is -2.63. The number of nitrogens with zero attached hydrogens (tertiary/aromatic N) is 1. The molecular weight excluding hydrogens is 364 g/mol. The van der Waals surface area contributed by atoms with Gasteiger partial charge in [0.1, 0.15) is 11.9 Å². The van der Waals surface area contributed by atoms with Crippen molar-refractivity contribution in [3.8, 4) is 0 Å². The van der Waals surface area contributed by atoms with Gasteiger partial charge in [-0.1, -0.05) is 37.5 Å². The lowest BCUT2D eigenvalue weighted by Crippen LogP contribution is -2.58. The number of rotatable bonds is 6. The smallest absolute Gasteiger partial charge is 0.251 e. The largest absolute Gasteiger partial charge is 0.368 e. The molecule has 2 atom stereocenters. The average molecular weight is 397 g/mol. The van der Waals surface area contributed by atoms with Crippen molar-refractivity contribution in [3.63, 3.8) is 0 Å². The zero-order valence-electron chi connectivity index (χ0n) is 17.8. The van der Waals surface area contributed by atoms with E-state index in [1.165, 1.54) is 12.8 Å². The molecule has 6 nitrogen and oxygen atoms in total. The number of benzene rings is 1. The van der Waals surface area contributed by atoms with Crippen molar-refractivity contribution in [1.82, 2.24) is 15.5 Å². The summed E-state index contributed by atoms with van der Waals surface area (Å²) in [6.07, 6.45) is 4.55. The number of hydrogen-bond donors (Lipinski definition) is 3. The Morgan fingerprint density at radius 1 is 1.28 bits per heavy atom. The monoisotopic (exact) mass is 396 g/mol. The molecule has 1 fully saturated rings. The summed E-state index contributed by atoms with van der Waals surface area (Å²) in [6.45, 7) is 8.04. The van der Waals surface area contributed by atoms with Gasteiger partial charge in [0.15, 0.2) is 0 Å². The first-order valence-electron chi connectivity index (χ1n) is 10.6. The molecule has 0 saturated heterocycles. The first-order chi connectivity index (χ1) is 13.8. The fraction of sp³-hybridized carbons (Fsp3) is 0.522. The number of nitrogens with one attached hydrogen (secondary N) is 3. The van der Waals surface area contributed by atoms with E-state index in [2.05, 4.69) is 10.6 Å². The van der Waals surface area contributed by atoms with E-state index in [0.717, 1.165) is 29.8 Å². The van der Waals surface area contributed by atoms with E-state index in [-0.39, 0.29) is 17.7 Å². The molecule has 2 aliphatic rings. The molecule has 0 bridgehead atoms. The minimum Gasteiger partial charge on any atom is -0.368 e. The summed E-state index contributed by atoms with van der Waals surface area (Å²) < 4.78 is 0. The Morgan fingerprint density at radius 2 is 1.97 bits per heavy atom. The molecular formula is C23H32N4O2. The van der Waals surface area contributed by atoms with Crippen LogP contribution in [-0.4, -0.2) is 41.1 Å². The fourth-order valence-electron chi connectivity index (χ4n) is 4.47. The molecule has 1 heterocycles. The fourth-order valence-corrected chi connectivity index (χ4v) is 4.47. The quantitative estimate of drug-likeness (QED) is 0.645. The summed E-state index contributed by atoms with van der Waals surface area (Å²) in [5, 5.41) is 14.9. The van der Waals surface area contributed by atoms with Crippen molar-refractivity contribution in [2.24, 2.45) is 5.92 Å². The summed E-state index contributed by atoms with van der Waals surface area (Å²) in [6, 6.07) is 7.00. The summed E-state index contributed by atoms with van der Waals surface area (Å²) in [5.41, 5.74) is 2.78. The zero-order valence-corrected chi connectivity index (χ0v) is 17.8. The molecule has 29 heavy (non-hydrogen) atoms. The van der Waals surface area contributed by atoms with Crippen molar-refractivity contribution in [2.75, 3.05) is 6.54 Å². The second-order valence-corrected chi connectivity index (χ2v) is 8.20. The van der Waals surface area contributed by atoms with Gasteiger partial charge in [-0.3, -0.25) is 14.5 Å². The Balaban J connectivity index is 1.91. The van der Waals surface area contributed by atoms with Gasteiger partial charge in [0.05, 0.1) is 0 Å². The number of carbonyl (C=O) groups is 2. The molecule has 1 aliphatic carbocycles. The Bertz CT molecular complexity index is 839. The first-order valence-corrected chi connectivity index (χ1v) is 10.6. The molecule has 156 valence electrons.